The molecule has 11 heavy (non-hydrogen) atoms. The van der Waals surface area contributed by atoms with Crippen molar-refractivity contribution in [2.24, 2.45) is 0 Å². The van der Waals surface area contributed by atoms with Gasteiger partial charge in [-0.3, -0.25) is 0 Å². The van der Waals surface area contributed by atoms with E-state index in [1.165, 1.54) is 0 Å². The number of hydrogen-bond acceptors (Lipinski definition) is 4. The summed E-state index contributed by atoms with van der Waals surface area (Å²) in [5.41, 5.74) is 0. The SMILES string of the molecule is O=C1C[CH2][Ge]2([CH2]CC(=O)[O]2)[O]1. The van der Waals surface area contributed by atoms with E-state index in [0.29, 0.717) is 23.3 Å². The van der Waals surface area contributed by atoms with Crippen LogP contribution in [0.3, 0.4) is 0 Å². The molecule has 2 aliphatic rings. The van der Waals surface area contributed by atoms with E-state index in [0.717, 1.165) is 0 Å². The van der Waals surface area contributed by atoms with Gasteiger partial charge in [0.25, 0.3) is 0 Å². The van der Waals surface area contributed by atoms with Gasteiger partial charge in [0, 0.05) is 0 Å². The Labute approximate surface area is 66.9 Å². The van der Waals surface area contributed by atoms with Gasteiger partial charge in [0.15, 0.2) is 0 Å². The second-order valence-electron chi connectivity index (χ2n) is 2.86. The van der Waals surface area contributed by atoms with Crippen LogP contribution in [0.15, 0.2) is 0 Å². The zero-order valence-corrected chi connectivity index (χ0v) is 8.06. The Morgan fingerprint density at radius 1 is 1.00 bits per heavy atom. The topological polar surface area (TPSA) is 52.6 Å². The minimum atomic E-state index is -2.79. The normalized spacial score (nSPS) is 27.3. The molecule has 2 saturated heterocycles. The summed E-state index contributed by atoms with van der Waals surface area (Å²) in [7, 11) is 0. The molecule has 0 unspecified atom stereocenters. The summed E-state index contributed by atoms with van der Waals surface area (Å²) < 4.78 is 10.2. The number of rotatable bonds is 0. The molecule has 60 valence electrons. The molecule has 2 heterocycles. The maximum absolute atomic E-state index is 10.7. The first kappa shape index (κ1) is 7.15. The molecule has 0 amide bonds. The molecule has 2 aliphatic heterocycles. The van der Waals surface area contributed by atoms with Crippen molar-refractivity contribution in [3.05, 3.63) is 0 Å². The zero-order valence-electron chi connectivity index (χ0n) is 5.96. The molecule has 4 nitrogen and oxygen atoms in total. The van der Waals surface area contributed by atoms with Crippen LogP contribution in [0, 0.1) is 0 Å². The average molecular weight is 217 g/mol. The summed E-state index contributed by atoms with van der Waals surface area (Å²) in [6, 6.07) is 0. The van der Waals surface area contributed by atoms with Crippen molar-refractivity contribution in [2.45, 2.75) is 23.3 Å². The van der Waals surface area contributed by atoms with E-state index in [1.807, 2.05) is 0 Å². The first-order valence-corrected chi connectivity index (χ1v) is 8.32. The summed E-state index contributed by atoms with van der Waals surface area (Å²) in [4.78, 5) is 21.5. The van der Waals surface area contributed by atoms with Gasteiger partial charge in [0.05, 0.1) is 0 Å². The van der Waals surface area contributed by atoms with E-state index in [9.17, 15) is 9.59 Å². The fraction of sp³-hybridized carbons (Fsp3) is 0.667. The molecule has 0 N–H and O–H groups in total. The molecule has 0 saturated carbocycles. The molecule has 1 spiro atoms. The molecule has 0 aliphatic carbocycles. The molecule has 0 atom stereocenters. The van der Waals surface area contributed by atoms with Gasteiger partial charge in [-0.15, -0.1) is 0 Å². The zero-order chi connectivity index (χ0) is 7.90. The van der Waals surface area contributed by atoms with Gasteiger partial charge in [-0.1, -0.05) is 0 Å². The Bertz CT molecular complexity index is 201. The van der Waals surface area contributed by atoms with Crippen molar-refractivity contribution in [3.8, 4) is 0 Å². The fourth-order valence-corrected chi connectivity index (χ4v) is 7.54. The van der Waals surface area contributed by atoms with Crippen molar-refractivity contribution in [2.75, 3.05) is 0 Å². The van der Waals surface area contributed by atoms with Crippen molar-refractivity contribution < 1.29 is 17.1 Å². The van der Waals surface area contributed by atoms with Gasteiger partial charge < -0.3 is 0 Å². The molecule has 5 heteroatoms. The predicted octanol–water partition coefficient (Wildman–Crippen LogP) is 0.322. The fourth-order valence-electron chi connectivity index (χ4n) is 1.45. The van der Waals surface area contributed by atoms with E-state index in [-0.39, 0.29) is 11.9 Å². The summed E-state index contributed by atoms with van der Waals surface area (Å²) in [5, 5.41) is 1.43. The van der Waals surface area contributed by atoms with Crippen LogP contribution in [0.5, 0.6) is 0 Å². The predicted molar refractivity (Wildman–Crippen MR) is 36.8 cm³/mol. The number of carbonyl (C=O) groups is 2. The Hall–Kier alpha value is -0.517. The molecule has 2 rings (SSSR count). The van der Waals surface area contributed by atoms with Gasteiger partial charge in [-0.05, 0) is 0 Å². The maximum atomic E-state index is 10.7. The van der Waals surface area contributed by atoms with Gasteiger partial charge in [-0.25, -0.2) is 0 Å². The van der Waals surface area contributed by atoms with Crippen LogP contribution >= 0.6 is 0 Å². The third-order valence-electron chi connectivity index (χ3n) is 2.02. The molecular formula is C6H8GeO4. The van der Waals surface area contributed by atoms with Gasteiger partial charge in [0.2, 0.25) is 0 Å². The second kappa shape index (κ2) is 2.23. The first-order chi connectivity index (χ1) is 5.20. The molecule has 0 aromatic heterocycles. The van der Waals surface area contributed by atoms with Crippen molar-refractivity contribution in [1.82, 2.24) is 0 Å². The molecule has 2 fully saturated rings. The van der Waals surface area contributed by atoms with Gasteiger partial charge in [0.1, 0.15) is 0 Å². The molecule has 0 aromatic rings. The Morgan fingerprint density at radius 2 is 1.45 bits per heavy atom. The van der Waals surface area contributed by atoms with Gasteiger partial charge in [-0.2, -0.15) is 0 Å². The Morgan fingerprint density at radius 3 is 1.73 bits per heavy atom. The van der Waals surface area contributed by atoms with Crippen LogP contribution in [0.1, 0.15) is 12.8 Å². The third kappa shape index (κ3) is 1.15. The van der Waals surface area contributed by atoms with Crippen LogP contribution in [0.25, 0.3) is 0 Å². The van der Waals surface area contributed by atoms with Crippen LogP contribution in [0.4, 0.5) is 0 Å². The van der Waals surface area contributed by atoms with E-state index in [4.69, 9.17) is 7.53 Å². The summed E-state index contributed by atoms with van der Waals surface area (Å²) in [6.07, 6.45) is 0.903. The van der Waals surface area contributed by atoms with Crippen molar-refractivity contribution in [3.63, 3.8) is 0 Å². The van der Waals surface area contributed by atoms with Crippen LogP contribution in [-0.4, -0.2) is 25.9 Å². The Kier molecular flexibility index (Phi) is 1.45. The average Bonchev–Trinajstić information content (AvgIpc) is 2.44. The second-order valence-corrected chi connectivity index (χ2v) is 9.63. The summed E-state index contributed by atoms with van der Waals surface area (Å²) in [5.74, 6) is -0.362. The number of hydrogen-bond donors (Lipinski definition) is 0. The molecule has 0 aromatic carbocycles. The standard InChI is InChI=1S/C6H8GeO4/c8-5-1-3-7(10-5)4-2-6(9)11-7/h1-4H2. The van der Waals surface area contributed by atoms with Crippen molar-refractivity contribution in [1.29, 1.82) is 0 Å². The monoisotopic (exact) mass is 218 g/mol. The van der Waals surface area contributed by atoms with Crippen LogP contribution in [-0.2, 0) is 17.1 Å². The van der Waals surface area contributed by atoms with Crippen molar-refractivity contribution >= 4 is 25.9 Å². The summed E-state index contributed by atoms with van der Waals surface area (Å²) in [6.45, 7) is 0. The van der Waals surface area contributed by atoms with Gasteiger partial charge >= 0.3 is 66.3 Å². The minimum absolute atomic E-state index is 0.181. The molecule has 0 radical (unpaired) electrons. The van der Waals surface area contributed by atoms with Crippen LogP contribution in [0.2, 0.25) is 10.5 Å². The Balaban J connectivity index is 2.13. The quantitative estimate of drug-likeness (QED) is 0.548. The van der Waals surface area contributed by atoms with E-state index in [2.05, 4.69) is 0 Å². The third-order valence-corrected chi connectivity index (χ3v) is 8.78. The number of carbonyl (C=O) groups excluding carboxylic acids is 2. The molecule has 0 bridgehead atoms. The van der Waals surface area contributed by atoms with Crippen LogP contribution < -0.4 is 0 Å². The first-order valence-electron chi connectivity index (χ1n) is 3.64. The summed E-state index contributed by atoms with van der Waals surface area (Å²) >= 11 is -2.79. The van der Waals surface area contributed by atoms with E-state index in [1.54, 1.807) is 0 Å². The van der Waals surface area contributed by atoms with E-state index < -0.39 is 13.9 Å². The van der Waals surface area contributed by atoms with E-state index >= 15 is 0 Å². The molecular weight excluding hydrogens is 209 g/mol.